The Morgan fingerprint density at radius 1 is 1.37 bits per heavy atom. The van der Waals surface area contributed by atoms with Crippen molar-refractivity contribution < 1.29 is 14.7 Å². The first kappa shape index (κ1) is 14.5. The lowest BCUT2D eigenvalue weighted by Crippen LogP contribution is -2.34. The molecule has 1 saturated carbocycles. The largest absolute Gasteiger partial charge is 0.479 e. The van der Waals surface area contributed by atoms with Crippen LogP contribution in [0.1, 0.15) is 24.4 Å². The molecule has 2 N–H and O–H groups in total. The molecule has 1 aromatic rings. The summed E-state index contributed by atoms with van der Waals surface area (Å²) in [5.74, 6) is -1.10. The van der Waals surface area contributed by atoms with Gasteiger partial charge in [0.25, 0.3) is 0 Å². The topological polar surface area (TPSA) is 66.4 Å². The summed E-state index contributed by atoms with van der Waals surface area (Å²) in [6.45, 7) is 0. The maximum Gasteiger partial charge on any atom is 0.330 e. The normalized spacial score (nSPS) is 21.5. The number of aliphatic carboxylic acids is 1. The highest BCUT2D eigenvalue weighted by Gasteiger charge is 2.51. The molecule has 2 unspecified atom stereocenters. The fourth-order valence-corrected chi connectivity index (χ4v) is 2.97. The maximum absolute atomic E-state index is 11.9. The van der Waals surface area contributed by atoms with Crippen molar-refractivity contribution in [2.45, 2.75) is 22.1 Å². The summed E-state index contributed by atoms with van der Waals surface area (Å²) in [5.41, 5.74) is 0.572. The molecule has 1 aliphatic carbocycles. The van der Waals surface area contributed by atoms with Crippen LogP contribution in [-0.2, 0) is 9.59 Å². The van der Waals surface area contributed by atoms with Crippen molar-refractivity contribution in [2.24, 2.45) is 5.92 Å². The second-order valence-electron chi connectivity index (χ2n) is 4.62. The number of carbonyl (C=O) groups excluding carboxylic acids is 1. The number of amides is 1. The Kier molecular flexibility index (Phi) is 4.30. The maximum atomic E-state index is 11.9. The summed E-state index contributed by atoms with van der Waals surface area (Å²) in [5, 5.41) is 11.8. The van der Waals surface area contributed by atoms with Gasteiger partial charge in [0.1, 0.15) is 0 Å². The van der Waals surface area contributed by atoms with Gasteiger partial charge in [-0.25, -0.2) is 4.79 Å². The summed E-state index contributed by atoms with van der Waals surface area (Å²) in [6.07, 6.45) is 1.18. The van der Waals surface area contributed by atoms with Gasteiger partial charge in [0.05, 0.1) is 3.23 Å². The van der Waals surface area contributed by atoms with Crippen LogP contribution in [0.3, 0.4) is 0 Å². The monoisotopic (exact) mass is 389 g/mol. The molecule has 0 aromatic heterocycles. The van der Waals surface area contributed by atoms with Gasteiger partial charge < -0.3 is 10.4 Å². The molecule has 0 aliphatic heterocycles. The molecule has 0 spiro atoms. The van der Waals surface area contributed by atoms with Crippen molar-refractivity contribution in [1.82, 2.24) is 5.32 Å². The second-order valence-corrected chi connectivity index (χ2v) is 8.51. The lowest BCUT2D eigenvalue weighted by molar-refractivity contribution is -0.142. The summed E-state index contributed by atoms with van der Waals surface area (Å²) in [4.78, 5) is 23.1. The number of nitrogens with one attached hydrogen (secondary N) is 1. The van der Waals surface area contributed by atoms with Crippen LogP contribution in [0.15, 0.2) is 30.3 Å². The first-order chi connectivity index (χ1) is 8.90. The van der Waals surface area contributed by atoms with Gasteiger partial charge in [0, 0.05) is 6.42 Å². The van der Waals surface area contributed by atoms with Gasteiger partial charge in [-0.15, -0.1) is 0 Å². The van der Waals surface area contributed by atoms with Gasteiger partial charge >= 0.3 is 5.97 Å². The van der Waals surface area contributed by atoms with Crippen LogP contribution in [0.5, 0.6) is 0 Å². The molecule has 1 aliphatic rings. The third-order valence-electron chi connectivity index (χ3n) is 3.07. The molecular weight excluding hydrogens is 378 g/mol. The molecule has 19 heavy (non-hydrogen) atoms. The molecule has 1 aromatic carbocycles. The zero-order valence-corrected chi connectivity index (χ0v) is 13.1. The van der Waals surface area contributed by atoms with E-state index in [1.165, 1.54) is 0 Å². The minimum atomic E-state index is -1.06. The van der Waals surface area contributed by atoms with Gasteiger partial charge in [-0.05, 0) is 17.9 Å². The first-order valence-corrected chi connectivity index (χ1v) is 7.43. The predicted molar refractivity (Wildman–Crippen MR) is 78.3 cm³/mol. The van der Waals surface area contributed by atoms with E-state index in [0.717, 1.165) is 6.42 Å². The van der Waals surface area contributed by atoms with Crippen LogP contribution < -0.4 is 5.32 Å². The molecule has 6 heteroatoms. The van der Waals surface area contributed by atoms with Crippen LogP contribution in [0, 0.1) is 5.92 Å². The Balaban J connectivity index is 1.98. The molecular formula is C13H13Br2NO3. The number of hydrogen-bond donors (Lipinski definition) is 2. The summed E-state index contributed by atoms with van der Waals surface area (Å²) < 4.78 is -0.150. The number of benzene rings is 1. The third kappa shape index (κ3) is 3.79. The highest BCUT2D eigenvalue weighted by atomic mass is 79.9. The first-order valence-electron chi connectivity index (χ1n) is 5.85. The summed E-state index contributed by atoms with van der Waals surface area (Å²) >= 11 is 6.88. The van der Waals surface area contributed by atoms with E-state index in [1.807, 2.05) is 0 Å². The molecule has 2 atom stereocenters. The standard InChI is InChI=1S/C13H13Br2NO3/c14-13(15)7-9(13)6-10(17)16-11(12(18)19)8-4-2-1-3-5-8/h1-5,9,11H,6-7H2,(H,16,17)(H,18,19). The minimum absolute atomic E-state index is 0.150. The number of carboxylic acid groups (broad SMARTS) is 1. The fraction of sp³-hybridized carbons (Fsp3) is 0.385. The Bertz CT molecular complexity index is 490. The predicted octanol–water partition coefficient (Wildman–Crippen LogP) is 2.82. The molecule has 102 valence electrons. The highest BCUT2D eigenvalue weighted by molar-refractivity contribution is 9.25. The van der Waals surface area contributed by atoms with Gasteiger partial charge in [0.2, 0.25) is 5.91 Å². The van der Waals surface area contributed by atoms with Crippen molar-refractivity contribution in [2.75, 3.05) is 0 Å². The summed E-state index contributed by atoms with van der Waals surface area (Å²) in [7, 11) is 0. The number of carboxylic acids is 1. The zero-order chi connectivity index (χ0) is 14.0. The Morgan fingerprint density at radius 3 is 2.42 bits per heavy atom. The van der Waals surface area contributed by atoms with E-state index in [0.29, 0.717) is 12.0 Å². The van der Waals surface area contributed by atoms with Crippen molar-refractivity contribution in [3.63, 3.8) is 0 Å². The number of rotatable bonds is 5. The number of hydrogen-bond acceptors (Lipinski definition) is 2. The summed E-state index contributed by atoms with van der Waals surface area (Å²) in [6, 6.07) is 7.69. The van der Waals surface area contributed by atoms with Gasteiger partial charge in [-0.3, -0.25) is 4.79 Å². The number of carbonyl (C=O) groups is 2. The molecule has 1 amide bonds. The van der Waals surface area contributed by atoms with Crippen molar-refractivity contribution >= 4 is 43.7 Å². The average molecular weight is 391 g/mol. The molecule has 0 radical (unpaired) electrons. The molecule has 0 heterocycles. The SMILES string of the molecule is O=C(CC1CC1(Br)Br)NC(C(=O)O)c1ccccc1. The van der Waals surface area contributed by atoms with Gasteiger partial charge in [-0.1, -0.05) is 62.2 Å². The number of alkyl halides is 2. The quantitative estimate of drug-likeness (QED) is 0.759. The lowest BCUT2D eigenvalue weighted by atomic mass is 10.1. The van der Waals surface area contributed by atoms with E-state index >= 15 is 0 Å². The third-order valence-corrected chi connectivity index (χ3v) is 5.02. The van der Waals surface area contributed by atoms with Crippen molar-refractivity contribution in [1.29, 1.82) is 0 Å². The fourth-order valence-electron chi connectivity index (χ4n) is 1.87. The average Bonchev–Trinajstić information content (AvgIpc) is 2.94. The smallest absolute Gasteiger partial charge is 0.330 e. The molecule has 0 saturated heterocycles. The van der Waals surface area contributed by atoms with Crippen LogP contribution in [0.2, 0.25) is 0 Å². The Morgan fingerprint density at radius 2 is 1.95 bits per heavy atom. The molecule has 1 fully saturated rings. The van der Waals surface area contributed by atoms with E-state index < -0.39 is 12.0 Å². The van der Waals surface area contributed by atoms with Crippen LogP contribution in [0.4, 0.5) is 0 Å². The lowest BCUT2D eigenvalue weighted by Gasteiger charge is -2.15. The van der Waals surface area contributed by atoms with E-state index in [2.05, 4.69) is 37.2 Å². The zero-order valence-electron chi connectivity index (χ0n) is 9.98. The van der Waals surface area contributed by atoms with Gasteiger partial charge in [0.15, 0.2) is 6.04 Å². The number of halogens is 2. The highest BCUT2D eigenvalue weighted by Crippen LogP contribution is 2.57. The van der Waals surface area contributed by atoms with Crippen molar-refractivity contribution in [3.05, 3.63) is 35.9 Å². The van der Waals surface area contributed by atoms with E-state index in [1.54, 1.807) is 30.3 Å². The van der Waals surface area contributed by atoms with Crippen LogP contribution >= 0.6 is 31.9 Å². The Hall–Kier alpha value is -0.880. The van der Waals surface area contributed by atoms with Crippen LogP contribution in [-0.4, -0.2) is 20.2 Å². The van der Waals surface area contributed by atoms with E-state index in [4.69, 9.17) is 0 Å². The molecule has 2 rings (SSSR count). The minimum Gasteiger partial charge on any atom is -0.479 e. The van der Waals surface area contributed by atoms with E-state index in [-0.39, 0.29) is 15.1 Å². The van der Waals surface area contributed by atoms with Crippen molar-refractivity contribution in [3.8, 4) is 0 Å². The van der Waals surface area contributed by atoms with Crippen LogP contribution in [0.25, 0.3) is 0 Å². The van der Waals surface area contributed by atoms with E-state index in [9.17, 15) is 14.7 Å². The molecule has 0 bridgehead atoms. The second kappa shape index (κ2) is 5.63. The Labute approximate surface area is 127 Å². The molecule has 4 nitrogen and oxygen atoms in total. The van der Waals surface area contributed by atoms with Gasteiger partial charge in [-0.2, -0.15) is 0 Å².